The third-order valence-electron chi connectivity index (χ3n) is 4.78. The highest BCUT2D eigenvalue weighted by Crippen LogP contribution is 2.41. The smallest absolute Gasteiger partial charge is 0.340 e. The highest BCUT2D eigenvalue weighted by atomic mass is 16.5. The lowest BCUT2D eigenvalue weighted by atomic mass is 9.73. The van der Waals surface area contributed by atoms with Crippen LogP contribution >= 0.6 is 0 Å². The van der Waals surface area contributed by atoms with Gasteiger partial charge < -0.3 is 4.74 Å². The van der Waals surface area contributed by atoms with Gasteiger partial charge >= 0.3 is 5.97 Å². The van der Waals surface area contributed by atoms with E-state index in [1.807, 2.05) is 20.2 Å². The van der Waals surface area contributed by atoms with Crippen LogP contribution in [0.25, 0.3) is 11.1 Å². The monoisotopic (exact) mass is 355 g/mol. The second-order valence-corrected chi connectivity index (χ2v) is 7.73. The third kappa shape index (κ3) is 3.04. The van der Waals surface area contributed by atoms with Gasteiger partial charge in [-0.1, -0.05) is 13.8 Å². The molecule has 26 heavy (non-hydrogen) atoms. The molecule has 0 radical (unpaired) electrons. The van der Waals surface area contributed by atoms with E-state index in [2.05, 4.69) is 23.9 Å². The van der Waals surface area contributed by atoms with Crippen molar-refractivity contribution in [2.75, 3.05) is 6.61 Å². The van der Waals surface area contributed by atoms with Crippen molar-refractivity contribution in [3.63, 3.8) is 0 Å². The SMILES string of the molecule is CCOC(=O)c1c(C)nc2c(c1-c1cn(C)nc1C)C(=O)CC(C)(C)C2. The number of carbonyl (C=O) groups excluding carboxylic acids is 2. The van der Waals surface area contributed by atoms with E-state index in [-0.39, 0.29) is 17.8 Å². The number of aryl methyl sites for hydroxylation is 3. The number of nitrogens with zero attached hydrogens (tertiary/aromatic N) is 3. The Morgan fingerprint density at radius 3 is 2.50 bits per heavy atom. The van der Waals surface area contributed by atoms with Crippen LogP contribution < -0.4 is 0 Å². The summed E-state index contributed by atoms with van der Waals surface area (Å²) in [5.74, 6) is -0.427. The van der Waals surface area contributed by atoms with Crippen LogP contribution in [0.4, 0.5) is 0 Å². The van der Waals surface area contributed by atoms with Crippen molar-refractivity contribution < 1.29 is 14.3 Å². The number of aromatic nitrogens is 3. The second-order valence-electron chi connectivity index (χ2n) is 7.73. The molecule has 0 bridgehead atoms. The molecule has 2 aromatic rings. The Kier molecular flexibility index (Phi) is 4.46. The van der Waals surface area contributed by atoms with E-state index in [1.165, 1.54) is 0 Å². The molecule has 0 spiro atoms. The van der Waals surface area contributed by atoms with Gasteiger partial charge in [0.05, 0.1) is 29.3 Å². The first-order valence-corrected chi connectivity index (χ1v) is 8.89. The standard InChI is InChI=1S/C20H25N3O3/c1-7-26-19(25)16-12(3)21-14-8-20(4,5)9-15(24)18(14)17(16)13-10-23(6)22-11(13)2/h10H,7-9H2,1-6H3. The quantitative estimate of drug-likeness (QED) is 0.789. The van der Waals surface area contributed by atoms with Gasteiger partial charge in [-0.15, -0.1) is 0 Å². The van der Waals surface area contributed by atoms with Crippen LogP contribution in [0.2, 0.25) is 0 Å². The summed E-state index contributed by atoms with van der Waals surface area (Å²) in [5, 5.41) is 4.40. The van der Waals surface area contributed by atoms with E-state index in [0.29, 0.717) is 35.2 Å². The lowest BCUT2D eigenvalue weighted by molar-refractivity contribution is 0.0526. The first-order valence-electron chi connectivity index (χ1n) is 8.89. The predicted molar refractivity (Wildman–Crippen MR) is 98.3 cm³/mol. The zero-order chi connectivity index (χ0) is 19.2. The van der Waals surface area contributed by atoms with Crippen molar-refractivity contribution in [2.45, 2.75) is 47.5 Å². The van der Waals surface area contributed by atoms with E-state index >= 15 is 0 Å². The summed E-state index contributed by atoms with van der Waals surface area (Å²) in [6, 6.07) is 0. The third-order valence-corrected chi connectivity index (χ3v) is 4.78. The molecule has 138 valence electrons. The number of Topliss-reactive ketones (excluding diaryl/α,β-unsaturated/α-hetero) is 1. The van der Waals surface area contributed by atoms with Crippen molar-refractivity contribution in [1.29, 1.82) is 0 Å². The summed E-state index contributed by atoms with van der Waals surface area (Å²) in [6.07, 6.45) is 2.98. The average Bonchev–Trinajstić information content (AvgIpc) is 2.82. The van der Waals surface area contributed by atoms with E-state index < -0.39 is 5.97 Å². The molecule has 0 aliphatic heterocycles. The second kappa shape index (κ2) is 6.34. The van der Waals surface area contributed by atoms with Crippen LogP contribution in [-0.2, 0) is 18.2 Å². The van der Waals surface area contributed by atoms with Crippen LogP contribution in [0, 0.1) is 19.3 Å². The largest absolute Gasteiger partial charge is 0.462 e. The van der Waals surface area contributed by atoms with Gasteiger partial charge in [-0.2, -0.15) is 5.10 Å². The minimum atomic E-state index is -0.448. The Morgan fingerprint density at radius 2 is 1.92 bits per heavy atom. The van der Waals surface area contributed by atoms with Crippen LogP contribution in [0.15, 0.2) is 6.20 Å². The topological polar surface area (TPSA) is 74.1 Å². The summed E-state index contributed by atoms with van der Waals surface area (Å²) < 4.78 is 6.96. The number of pyridine rings is 1. The molecule has 0 fully saturated rings. The van der Waals surface area contributed by atoms with Gasteiger partial charge in [0.25, 0.3) is 0 Å². The highest BCUT2D eigenvalue weighted by Gasteiger charge is 2.37. The Morgan fingerprint density at radius 1 is 1.23 bits per heavy atom. The molecule has 0 atom stereocenters. The number of rotatable bonds is 3. The lowest BCUT2D eigenvalue weighted by Crippen LogP contribution is -2.30. The molecule has 0 amide bonds. The molecule has 6 nitrogen and oxygen atoms in total. The highest BCUT2D eigenvalue weighted by molar-refractivity contribution is 6.10. The van der Waals surface area contributed by atoms with Gasteiger partial charge in [-0.3, -0.25) is 14.5 Å². The average molecular weight is 355 g/mol. The minimum Gasteiger partial charge on any atom is -0.462 e. The summed E-state index contributed by atoms with van der Waals surface area (Å²) in [6.45, 7) is 9.85. The number of hydrogen-bond acceptors (Lipinski definition) is 5. The predicted octanol–water partition coefficient (Wildman–Crippen LogP) is 3.43. The Hall–Kier alpha value is -2.50. The van der Waals surface area contributed by atoms with E-state index in [0.717, 1.165) is 17.0 Å². The van der Waals surface area contributed by atoms with Crippen molar-refractivity contribution in [3.8, 4) is 11.1 Å². The maximum absolute atomic E-state index is 13.0. The molecule has 1 aliphatic rings. The molecular weight excluding hydrogens is 330 g/mol. The molecule has 0 aromatic carbocycles. The fraction of sp³-hybridized carbons (Fsp3) is 0.500. The van der Waals surface area contributed by atoms with Crippen LogP contribution in [0.5, 0.6) is 0 Å². The fourth-order valence-electron chi connectivity index (χ4n) is 3.80. The van der Waals surface area contributed by atoms with Gasteiger partial charge in [0.2, 0.25) is 0 Å². The number of ether oxygens (including phenoxy) is 1. The molecule has 3 rings (SSSR count). The molecule has 0 saturated heterocycles. The van der Waals surface area contributed by atoms with Crippen LogP contribution in [0.1, 0.15) is 65.0 Å². The molecule has 0 saturated carbocycles. The molecule has 2 aromatic heterocycles. The van der Waals surface area contributed by atoms with Gasteiger partial charge in [0.1, 0.15) is 0 Å². The van der Waals surface area contributed by atoms with Crippen molar-refractivity contribution in [3.05, 3.63) is 34.4 Å². The van der Waals surface area contributed by atoms with Crippen LogP contribution in [0.3, 0.4) is 0 Å². The van der Waals surface area contributed by atoms with Crippen molar-refractivity contribution in [1.82, 2.24) is 14.8 Å². The maximum atomic E-state index is 13.0. The molecule has 0 unspecified atom stereocenters. The van der Waals surface area contributed by atoms with E-state index in [1.54, 1.807) is 18.5 Å². The zero-order valence-corrected chi connectivity index (χ0v) is 16.3. The van der Waals surface area contributed by atoms with Crippen LogP contribution in [-0.4, -0.2) is 33.1 Å². The number of hydrogen-bond donors (Lipinski definition) is 0. The molecular formula is C20H25N3O3. The van der Waals surface area contributed by atoms with E-state index in [9.17, 15) is 9.59 Å². The summed E-state index contributed by atoms with van der Waals surface area (Å²) in [5.41, 5.74) is 4.30. The number of ketones is 1. The Balaban J connectivity index is 2.38. The van der Waals surface area contributed by atoms with Gasteiger partial charge in [-0.05, 0) is 32.6 Å². The maximum Gasteiger partial charge on any atom is 0.340 e. The Bertz CT molecular complexity index is 910. The summed E-state index contributed by atoms with van der Waals surface area (Å²) in [7, 11) is 1.83. The molecule has 2 heterocycles. The normalized spacial score (nSPS) is 15.7. The fourth-order valence-corrected chi connectivity index (χ4v) is 3.80. The lowest BCUT2D eigenvalue weighted by Gasteiger charge is -2.31. The van der Waals surface area contributed by atoms with E-state index in [4.69, 9.17) is 4.74 Å². The first kappa shape index (κ1) is 18.3. The summed E-state index contributed by atoms with van der Waals surface area (Å²) in [4.78, 5) is 30.4. The zero-order valence-electron chi connectivity index (χ0n) is 16.3. The Labute approximate surface area is 153 Å². The van der Waals surface area contributed by atoms with Crippen molar-refractivity contribution in [2.24, 2.45) is 12.5 Å². The molecule has 6 heteroatoms. The summed E-state index contributed by atoms with van der Waals surface area (Å²) >= 11 is 0. The number of fused-ring (bicyclic) bond motifs is 1. The van der Waals surface area contributed by atoms with Gasteiger partial charge in [0, 0.05) is 36.4 Å². The van der Waals surface area contributed by atoms with Gasteiger partial charge in [0.15, 0.2) is 5.78 Å². The van der Waals surface area contributed by atoms with Crippen molar-refractivity contribution >= 4 is 11.8 Å². The van der Waals surface area contributed by atoms with Gasteiger partial charge in [-0.25, -0.2) is 4.79 Å². The molecule has 0 N–H and O–H groups in total. The first-order chi connectivity index (χ1) is 12.1. The number of esters is 1. The molecule has 1 aliphatic carbocycles. The minimum absolute atomic E-state index is 0.0209. The number of carbonyl (C=O) groups is 2.